The Labute approximate surface area is 134 Å². The molecule has 1 fully saturated rings. The molecule has 2 aromatic rings. The highest BCUT2D eigenvalue weighted by molar-refractivity contribution is 6.35. The number of fused-ring (bicyclic) bond motifs is 1. The van der Waals surface area contributed by atoms with Crippen LogP contribution in [0.25, 0.3) is 10.9 Å². The zero-order valence-electron chi connectivity index (χ0n) is 12.3. The molecule has 1 aromatic heterocycles. The number of hydrogen-bond donors (Lipinski definition) is 0. The minimum atomic E-state index is -0.328. The van der Waals surface area contributed by atoms with Gasteiger partial charge in [-0.15, -0.1) is 0 Å². The fraction of sp³-hybridized carbons (Fsp3) is 0.412. The number of pyridine rings is 1. The normalized spacial score (nSPS) is 15.7. The smallest absolute Gasteiger partial charge is 0.344 e. The molecule has 0 N–H and O–H groups in total. The summed E-state index contributed by atoms with van der Waals surface area (Å²) in [5, 5.41) is 1.42. The number of halogens is 1. The summed E-state index contributed by atoms with van der Waals surface area (Å²) < 4.78 is 11.0. The number of esters is 1. The summed E-state index contributed by atoms with van der Waals surface area (Å²) in [6, 6.07) is 7.16. The van der Waals surface area contributed by atoms with Gasteiger partial charge in [-0.1, -0.05) is 18.0 Å². The molecule has 1 aliphatic carbocycles. The number of carbonyl (C=O) groups excluding carboxylic acids is 1. The Morgan fingerprint density at radius 3 is 2.86 bits per heavy atom. The quantitative estimate of drug-likeness (QED) is 0.795. The largest absolute Gasteiger partial charge is 0.480 e. The van der Waals surface area contributed by atoms with Crippen molar-refractivity contribution in [1.82, 2.24) is 4.98 Å². The van der Waals surface area contributed by atoms with Gasteiger partial charge in [-0.25, -0.2) is 4.79 Å². The summed E-state index contributed by atoms with van der Waals surface area (Å²) in [4.78, 5) is 16.2. The molecule has 1 heterocycles. The van der Waals surface area contributed by atoms with Crippen LogP contribution >= 0.6 is 11.6 Å². The Morgan fingerprint density at radius 2 is 2.05 bits per heavy atom. The molecule has 22 heavy (non-hydrogen) atoms. The van der Waals surface area contributed by atoms with Crippen molar-refractivity contribution < 1.29 is 14.3 Å². The predicted octanol–water partition coefficient (Wildman–Crippen LogP) is 4.14. The second-order valence-electron chi connectivity index (χ2n) is 5.48. The van der Waals surface area contributed by atoms with Gasteiger partial charge >= 0.3 is 5.97 Å². The van der Waals surface area contributed by atoms with Crippen molar-refractivity contribution in [3.63, 3.8) is 0 Å². The van der Waals surface area contributed by atoms with Gasteiger partial charge in [0.25, 0.3) is 0 Å². The molecule has 5 heteroatoms. The molecule has 3 rings (SSSR count). The van der Waals surface area contributed by atoms with Gasteiger partial charge < -0.3 is 9.47 Å². The monoisotopic (exact) mass is 319 g/mol. The van der Waals surface area contributed by atoms with Crippen molar-refractivity contribution in [3.8, 4) is 5.75 Å². The molecule has 116 valence electrons. The van der Waals surface area contributed by atoms with E-state index in [0.717, 1.165) is 31.1 Å². The van der Waals surface area contributed by atoms with E-state index < -0.39 is 0 Å². The van der Waals surface area contributed by atoms with Crippen LogP contribution < -0.4 is 4.74 Å². The molecule has 0 amide bonds. The highest BCUT2D eigenvalue weighted by Gasteiger charge is 2.18. The summed E-state index contributed by atoms with van der Waals surface area (Å²) in [7, 11) is 0. The molecule has 0 saturated heterocycles. The van der Waals surface area contributed by atoms with E-state index in [-0.39, 0.29) is 18.7 Å². The van der Waals surface area contributed by atoms with E-state index in [9.17, 15) is 4.79 Å². The van der Waals surface area contributed by atoms with Gasteiger partial charge in [0.2, 0.25) is 0 Å². The zero-order valence-corrected chi connectivity index (χ0v) is 13.0. The SMILES string of the molecule is O=C(COc1ccc(Cl)c2cccnc12)OC1CCCCC1. The lowest BCUT2D eigenvalue weighted by atomic mass is 9.98. The number of hydrogen-bond acceptors (Lipinski definition) is 4. The minimum Gasteiger partial charge on any atom is -0.480 e. The Balaban J connectivity index is 1.64. The molecule has 0 bridgehead atoms. The molecular formula is C17H18ClNO3. The van der Waals surface area contributed by atoms with Crippen LogP contribution in [0.1, 0.15) is 32.1 Å². The molecule has 0 atom stereocenters. The van der Waals surface area contributed by atoms with Crippen LogP contribution in [0, 0.1) is 0 Å². The maximum absolute atomic E-state index is 11.9. The maximum atomic E-state index is 11.9. The first kappa shape index (κ1) is 15.1. The van der Waals surface area contributed by atoms with Crippen molar-refractivity contribution >= 4 is 28.5 Å². The summed E-state index contributed by atoms with van der Waals surface area (Å²) in [5.74, 6) is 0.214. The van der Waals surface area contributed by atoms with Crippen LogP contribution in [-0.4, -0.2) is 23.7 Å². The maximum Gasteiger partial charge on any atom is 0.344 e. The zero-order chi connectivity index (χ0) is 15.4. The molecule has 1 aliphatic rings. The predicted molar refractivity (Wildman–Crippen MR) is 85.2 cm³/mol. The average molecular weight is 320 g/mol. The molecule has 4 nitrogen and oxygen atoms in total. The van der Waals surface area contributed by atoms with Crippen molar-refractivity contribution in [2.45, 2.75) is 38.2 Å². The Kier molecular flexibility index (Phi) is 4.78. The number of rotatable bonds is 4. The van der Waals surface area contributed by atoms with Crippen LogP contribution in [0.2, 0.25) is 5.02 Å². The molecular weight excluding hydrogens is 302 g/mol. The van der Waals surface area contributed by atoms with E-state index in [2.05, 4.69) is 4.98 Å². The van der Waals surface area contributed by atoms with Crippen LogP contribution in [0.15, 0.2) is 30.5 Å². The van der Waals surface area contributed by atoms with Crippen LogP contribution in [-0.2, 0) is 9.53 Å². The van der Waals surface area contributed by atoms with Gasteiger partial charge in [-0.05, 0) is 49.9 Å². The van der Waals surface area contributed by atoms with Crippen molar-refractivity contribution in [1.29, 1.82) is 0 Å². The van der Waals surface area contributed by atoms with E-state index in [0.29, 0.717) is 16.3 Å². The lowest BCUT2D eigenvalue weighted by Gasteiger charge is -2.21. The number of nitrogens with zero attached hydrogens (tertiary/aromatic N) is 1. The number of benzene rings is 1. The first-order valence-corrected chi connectivity index (χ1v) is 7.97. The molecule has 1 saturated carbocycles. The fourth-order valence-electron chi connectivity index (χ4n) is 2.77. The Hall–Kier alpha value is -1.81. The molecule has 0 radical (unpaired) electrons. The fourth-order valence-corrected chi connectivity index (χ4v) is 2.98. The summed E-state index contributed by atoms with van der Waals surface area (Å²) in [6.07, 6.45) is 7.12. The third-order valence-electron chi connectivity index (χ3n) is 3.88. The third kappa shape index (κ3) is 3.50. The van der Waals surface area contributed by atoms with Gasteiger partial charge in [0.15, 0.2) is 6.61 Å². The highest BCUT2D eigenvalue weighted by atomic mass is 35.5. The Morgan fingerprint density at radius 1 is 1.23 bits per heavy atom. The number of carbonyl (C=O) groups is 1. The lowest BCUT2D eigenvalue weighted by molar-refractivity contribution is -0.152. The molecule has 0 spiro atoms. The third-order valence-corrected chi connectivity index (χ3v) is 4.20. The summed E-state index contributed by atoms with van der Waals surface area (Å²) in [5.41, 5.74) is 0.653. The first-order chi connectivity index (χ1) is 10.7. The van der Waals surface area contributed by atoms with Gasteiger partial charge in [0.1, 0.15) is 17.4 Å². The summed E-state index contributed by atoms with van der Waals surface area (Å²) >= 11 is 6.13. The van der Waals surface area contributed by atoms with E-state index in [1.807, 2.05) is 12.1 Å². The molecule has 1 aromatic carbocycles. The van der Waals surface area contributed by atoms with E-state index >= 15 is 0 Å². The minimum absolute atomic E-state index is 0.0462. The van der Waals surface area contributed by atoms with E-state index in [4.69, 9.17) is 21.1 Å². The van der Waals surface area contributed by atoms with Crippen LogP contribution in [0.4, 0.5) is 0 Å². The van der Waals surface area contributed by atoms with Gasteiger partial charge in [-0.2, -0.15) is 0 Å². The molecule has 0 unspecified atom stereocenters. The first-order valence-electron chi connectivity index (χ1n) is 7.59. The standard InChI is InChI=1S/C17H18ClNO3/c18-14-8-9-15(17-13(14)7-4-10-19-17)21-11-16(20)22-12-5-2-1-3-6-12/h4,7-10,12H,1-3,5-6,11H2. The number of ether oxygens (including phenoxy) is 2. The lowest BCUT2D eigenvalue weighted by Crippen LogP contribution is -2.24. The second kappa shape index (κ2) is 6.97. The van der Waals surface area contributed by atoms with Crippen LogP contribution in [0.3, 0.4) is 0 Å². The topological polar surface area (TPSA) is 48.4 Å². The average Bonchev–Trinajstić information content (AvgIpc) is 2.55. The molecule has 0 aliphatic heterocycles. The van der Waals surface area contributed by atoms with E-state index in [1.165, 1.54) is 6.42 Å². The Bertz CT molecular complexity index is 668. The number of aromatic nitrogens is 1. The highest BCUT2D eigenvalue weighted by Crippen LogP contribution is 2.29. The van der Waals surface area contributed by atoms with Crippen molar-refractivity contribution in [3.05, 3.63) is 35.5 Å². The van der Waals surface area contributed by atoms with Crippen LogP contribution in [0.5, 0.6) is 5.75 Å². The van der Waals surface area contributed by atoms with Crippen molar-refractivity contribution in [2.24, 2.45) is 0 Å². The summed E-state index contributed by atoms with van der Waals surface area (Å²) in [6.45, 7) is -0.107. The van der Waals surface area contributed by atoms with E-state index in [1.54, 1.807) is 18.3 Å². The van der Waals surface area contributed by atoms with Gasteiger partial charge in [0.05, 0.1) is 5.02 Å². The van der Waals surface area contributed by atoms with Gasteiger partial charge in [-0.3, -0.25) is 4.98 Å². The van der Waals surface area contributed by atoms with Crippen molar-refractivity contribution in [2.75, 3.05) is 6.61 Å². The van der Waals surface area contributed by atoms with Gasteiger partial charge in [0, 0.05) is 11.6 Å². The second-order valence-corrected chi connectivity index (χ2v) is 5.89.